The largest absolute Gasteiger partial charge is 0.380 e. The highest BCUT2D eigenvalue weighted by Crippen LogP contribution is 2.36. The van der Waals surface area contributed by atoms with Crippen molar-refractivity contribution in [1.82, 2.24) is 0 Å². The first-order valence-corrected chi connectivity index (χ1v) is 7.54. The lowest BCUT2D eigenvalue weighted by Crippen LogP contribution is -2.00. The van der Waals surface area contributed by atoms with Gasteiger partial charge in [-0.25, -0.2) is 0 Å². The maximum Gasteiger partial charge on any atom is 0.0835 e. The quantitative estimate of drug-likeness (QED) is 0.615. The molecular weight excluding hydrogens is 368 g/mol. The van der Waals surface area contributed by atoms with Crippen LogP contribution in [0.5, 0.6) is 0 Å². The zero-order valence-electron chi connectivity index (χ0n) is 10.1. The van der Waals surface area contributed by atoms with Crippen molar-refractivity contribution in [1.29, 1.82) is 0 Å². The first-order chi connectivity index (χ1) is 8.99. The van der Waals surface area contributed by atoms with Crippen LogP contribution in [0.4, 0.5) is 5.69 Å². The van der Waals surface area contributed by atoms with E-state index in [1.54, 1.807) is 0 Å². The van der Waals surface area contributed by atoms with Gasteiger partial charge in [-0.1, -0.05) is 46.9 Å². The summed E-state index contributed by atoms with van der Waals surface area (Å²) in [5.74, 6) is 0. The molecule has 0 bridgehead atoms. The molecular formula is C14H11BrCl3N. The molecule has 0 aliphatic heterocycles. The average molecular weight is 380 g/mol. The number of halogens is 4. The predicted octanol–water partition coefficient (Wildman–Crippen LogP) is 6.33. The van der Waals surface area contributed by atoms with Gasteiger partial charge in [0.2, 0.25) is 0 Å². The van der Waals surface area contributed by atoms with E-state index >= 15 is 0 Å². The van der Waals surface area contributed by atoms with Crippen LogP contribution < -0.4 is 5.32 Å². The van der Waals surface area contributed by atoms with Gasteiger partial charge < -0.3 is 5.32 Å². The van der Waals surface area contributed by atoms with Crippen LogP contribution in [-0.2, 0) is 6.54 Å². The van der Waals surface area contributed by atoms with Gasteiger partial charge >= 0.3 is 0 Å². The van der Waals surface area contributed by atoms with Crippen molar-refractivity contribution in [2.24, 2.45) is 0 Å². The van der Waals surface area contributed by atoms with Crippen molar-refractivity contribution >= 4 is 56.4 Å². The average Bonchev–Trinajstić information content (AvgIpc) is 2.39. The number of hydrogen-bond acceptors (Lipinski definition) is 1. The van der Waals surface area contributed by atoms with E-state index in [0.29, 0.717) is 16.6 Å². The van der Waals surface area contributed by atoms with Crippen LogP contribution >= 0.6 is 50.7 Å². The second kappa shape index (κ2) is 6.36. The minimum Gasteiger partial charge on any atom is -0.380 e. The molecule has 0 atom stereocenters. The summed E-state index contributed by atoms with van der Waals surface area (Å²) >= 11 is 21.7. The molecule has 0 aliphatic carbocycles. The lowest BCUT2D eigenvalue weighted by Gasteiger charge is -2.11. The Labute approximate surface area is 136 Å². The molecule has 0 unspecified atom stereocenters. The molecule has 1 nitrogen and oxygen atoms in total. The Morgan fingerprint density at radius 2 is 1.79 bits per heavy atom. The Morgan fingerprint density at radius 3 is 2.47 bits per heavy atom. The zero-order valence-corrected chi connectivity index (χ0v) is 14.0. The van der Waals surface area contributed by atoms with Crippen LogP contribution in [-0.4, -0.2) is 0 Å². The van der Waals surface area contributed by atoms with Gasteiger partial charge in [0.1, 0.15) is 0 Å². The third-order valence-corrected chi connectivity index (χ3v) is 4.93. The van der Waals surface area contributed by atoms with E-state index in [0.717, 1.165) is 26.3 Å². The second-order valence-corrected chi connectivity index (χ2v) is 6.18. The zero-order chi connectivity index (χ0) is 14.0. The van der Waals surface area contributed by atoms with Gasteiger partial charge in [0.05, 0.1) is 15.7 Å². The van der Waals surface area contributed by atoms with Crippen molar-refractivity contribution in [3.63, 3.8) is 0 Å². The molecule has 1 N–H and O–H groups in total. The van der Waals surface area contributed by atoms with Gasteiger partial charge in [0, 0.05) is 16.0 Å². The number of benzene rings is 2. The Kier molecular flexibility index (Phi) is 5.02. The van der Waals surface area contributed by atoms with Crippen molar-refractivity contribution in [2.75, 3.05) is 5.32 Å². The fourth-order valence-electron chi connectivity index (χ4n) is 1.61. The standard InChI is InChI=1S/C14H11BrCl3N/c1-8-2-3-9(6-11(8)16)7-19-12-5-4-10(15)13(17)14(12)18/h2-6,19H,7H2,1H3. The van der Waals surface area contributed by atoms with Gasteiger partial charge in [-0.05, 0) is 52.2 Å². The molecule has 0 heterocycles. The number of aryl methyl sites for hydroxylation is 1. The minimum absolute atomic E-state index is 0.508. The summed E-state index contributed by atoms with van der Waals surface area (Å²) in [6, 6.07) is 9.71. The predicted molar refractivity (Wildman–Crippen MR) is 87.7 cm³/mol. The molecule has 100 valence electrons. The first kappa shape index (κ1) is 15.0. The van der Waals surface area contributed by atoms with E-state index in [2.05, 4.69) is 21.2 Å². The highest BCUT2D eigenvalue weighted by molar-refractivity contribution is 9.10. The van der Waals surface area contributed by atoms with Crippen LogP contribution in [0.2, 0.25) is 15.1 Å². The van der Waals surface area contributed by atoms with E-state index < -0.39 is 0 Å². The maximum atomic E-state index is 6.17. The maximum absolute atomic E-state index is 6.17. The monoisotopic (exact) mass is 377 g/mol. The summed E-state index contributed by atoms with van der Waals surface area (Å²) < 4.78 is 0.781. The van der Waals surface area contributed by atoms with E-state index in [4.69, 9.17) is 34.8 Å². The molecule has 2 aromatic rings. The Bertz CT molecular complexity index is 614. The summed E-state index contributed by atoms with van der Waals surface area (Å²) in [5.41, 5.74) is 2.95. The van der Waals surface area contributed by atoms with Gasteiger partial charge in [0.15, 0.2) is 0 Å². The molecule has 0 amide bonds. The van der Waals surface area contributed by atoms with Crippen molar-refractivity contribution in [3.8, 4) is 0 Å². The molecule has 2 aromatic carbocycles. The van der Waals surface area contributed by atoms with Crippen LogP contribution in [0.25, 0.3) is 0 Å². The third kappa shape index (κ3) is 3.57. The van der Waals surface area contributed by atoms with Gasteiger partial charge in [-0.2, -0.15) is 0 Å². The molecule has 0 aromatic heterocycles. The van der Waals surface area contributed by atoms with E-state index in [9.17, 15) is 0 Å². The summed E-state index contributed by atoms with van der Waals surface area (Å²) in [6.45, 7) is 2.61. The molecule has 0 fully saturated rings. The van der Waals surface area contributed by atoms with Gasteiger partial charge in [-0.15, -0.1) is 0 Å². The molecule has 0 saturated carbocycles. The van der Waals surface area contributed by atoms with Crippen molar-refractivity contribution in [3.05, 3.63) is 61.0 Å². The van der Waals surface area contributed by atoms with Crippen LogP contribution in [0.1, 0.15) is 11.1 Å². The normalized spacial score (nSPS) is 10.6. The van der Waals surface area contributed by atoms with Crippen LogP contribution in [0.15, 0.2) is 34.8 Å². The third-order valence-electron chi connectivity index (χ3n) is 2.75. The molecule has 0 radical (unpaired) electrons. The number of nitrogens with one attached hydrogen (secondary N) is 1. The topological polar surface area (TPSA) is 12.0 Å². The van der Waals surface area contributed by atoms with Crippen LogP contribution in [0.3, 0.4) is 0 Å². The fourth-order valence-corrected chi connectivity index (χ4v) is 2.65. The van der Waals surface area contributed by atoms with E-state index in [1.165, 1.54) is 0 Å². The summed E-state index contributed by atoms with van der Waals surface area (Å²) in [4.78, 5) is 0. The first-order valence-electron chi connectivity index (χ1n) is 5.61. The molecule has 0 aliphatic rings. The van der Waals surface area contributed by atoms with Crippen LogP contribution in [0, 0.1) is 6.92 Å². The van der Waals surface area contributed by atoms with E-state index in [-0.39, 0.29) is 0 Å². The van der Waals surface area contributed by atoms with Crippen molar-refractivity contribution < 1.29 is 0 Å². The van der Waals surface area contributed by atoms with E-state index in [1.807, 2.05) is 37.3 Å². The number of rotatable bonds is 3. The summed E-state index contributed by atoms with van der Waals surface area (Å²) in [7, 11) is 0. The molecule has 0 saturated heterocycles. The number of hydrogen-bond donors (Lipinski definition) is 1. The lowest BCUT2D eigenvalue weighted by atomic mass is 10.1. The molecule has 2 rings (SSSR count). The minimum atomic E-state index is 0.508. The number of anilines is 1. The lowest BCUT2D eigenvalue weighted by molar-refractivity contribution is 1.14. The fraction of sp³-hybridized carbons (Fsp3) is 0.143. The highest BCUT2D eigenvalue weighted by Gasteiger charge is 2.08. The Hall–Kier alpha value is -0.410. The Morgan fingerprint density at radius 1 is 1.05 bits per heavy atom. The SMILES string of the molecule is Cc1ccc(CNc2ccc(Br)c(Cl)c2Cl)cc1Cl. The van der Waals surface area contributed by atoms with Gasteiger partial charge in [0.25, 0.3) is 0 Å². The molecule has 0 spiro atoms. The molecule has 19 heavy (non-hydrogen) atoms. The summed E-state index contributed by atoms with van der Waals surface area (Å²) in [5, 5.41) is 5.03. The van der Waals surface area contributed by atoms with Gasteiger partial charge in [-0.3, -0.25) is 0 Å². The molecule has 5 heteroatoms. The smallest absolute Gasteiger partial charge is 0.0835 e. The Balaban J connectivity index is 2.14. The second-order valence-electron chi connectivity index (χ2n) is 4.16. The highest BCUT2D eigenvalue weighted by atomic mass is 79.9. The van der Waals surface area contributed by atoms with Crippen molar-refractivity contribution in [2.45, 2.75) is 13.5 Å². The summed E-state index contributed by atoms with van der Waals surface area (Å²) in [6.07, 6.45) is 0.